The number of aromatic amines is 1. The molecule has 0 saturated heterocycles. The lowest BCUT2D eigenvalue weighted by Crippen LogP contribution is -2.10. The van der Waals surface area contributed by atoms with E-state index in [1.165, 1.54) is 18.2 Å². The van der Waals surface area contributed by atoms with E-state index >= 15 is 0 Å². The number of carboxylic acids is 1. The monoisotopic (exact) mass is 417 g/mol. The molecule has 0 saturated carbocycles. The van der Waals surface area contributed by atoms with Crippen molar-refractivity contribution >= 4 is 63.4 Å². The molecule has 3 aromatic rings. The molecule has 0 bridgehead atoms. The van der Waals surface area contributed by atoms with Gasteiger partial charge >= 0.3 is 5.97 Å². The van der Waals surface area contributed by atoms with Crippen LogP contribution in [-0.2, 0) is 4.79 Å². The Bertz CT molecular complexity index is 1090. The molecule has 1 heterocycles. The topological polar surface area (TPSA) is 85.4 Å². The van der Waals surface area contributed by atoms with Gasteiger partial charge in [-0.3, -0.25) is 4.79 Å². The van der Waals surface area contributed by atoms with Crippen molar-refractivity contribution in [3.8, 4) is 0 Å². The van der Waals surface area contributed by atoms with Crippen LogP contribution in [-0.4, -0.2) is 36.1 Å². The van der Waals surface area contributed by atoms with E-state index in [4.69, 9.17) is 23.2 Å². The number of amides is 1. The molecule has 6 nitrogen and oxygen atoms in total. The Morgan fingerprint density at radius 1 is 1.14 bits per heavy atom. The van der Waals surface area contributed by atoms with Crippen molar-refractivity contribution in [2.75, 3.05) is 24.3 Å². The van der Waals surface area contributed by atoms with Crippen LogP contribution in [0.25, 0.3) is 17.0 Å². The Labute approximate surface area is 171 Å². The maximum atomic E-state index is 12.3. The minimum atomic E-state index is -1.16. The molecular formula is C20H17Cl2N3O3. The van der Waals surface area contributed by atoms with Gasteiger partial charge in [0.05, 0.1) is 5.02 Å². The number of carboxylic acid groups (broad SMARTS) is 1. The summed E-state index contributed by atoms with van der Waals surface area (Å²) in [6.45, 7) is 0. The highest BCUT2D eigenvalue weighted by atomic mass is 35.5. The van der Waals surface area contributed by atoms with Gasteiger partial charge < -0.3 is 20.3 Å². The molecule has 3 N–H and O–H groups in total. The quantitative estimate of drug-likeness (QED) is 0.515. The molecule has 0 spiro atoms. The fourth-order valence-corrected chi connectivity index (χ4v) is 3.39. The van der Waals surface area contributed by atoms with Gasteiger partial charge in [0.2, 0.25) is 5.91 Å². The first kappa shape index (κ1) is 19.8. The first-order valence-corrected chi connectivity index (χ1v) is 9.02. The number of aromatic nitrogens is 1. The second-order valence-corrected chi connectivity index (χ2v) is 7.14. The summed E-state index contributed by atoms with van der Waals surface area (Å²) in [6, 6.07) is 10.4. The van der Waals surface area contributed by atoms with E-state index in [9.17, 15) is 14.7 Å². The lowest BCUT2D eigenvalue weighted by molar-refractivity contribution is -0.111. The Hall–Kier alpha value is -2.96. The number of benzene rings is 2. The lowest BCUT2D eigenvalue weighted by Gasteiger charge is -2.12. The van der Waals surface area contributed by atoms with Crippen molar-refractivity contribution in [2.45, 2.75) is 0 Å². The lowest BCUT2D eigenvalue weighted by atomic mass is 10.1. The zero-order chi connectivity index (χ0) is 20.4. The Balaban J connectivity index is 1.88. The van der Waals surface area contributed by atoms with Gasteiger partial charge in [-0.25, -0.2) is 4.79 Å². The molecule has 0 fully saturated rings. The van der Waals surface area contributed by atoms with Crippen LogP contribution in [0.15, 0.2) is 42.5 Å². The predicted octanol–water partition coefficient (Wildman–Crippen LogP) is 4.89. The first-order chi connectivity index (χ1) is 13.3. The predicted molar refractivity (Wildman–Crippen MR) is 114 cm³/mol. The molecule has 8 heteroatoms. The number of hydrogen-bond donors (Lipinski definition) is 3. The summed E-state index contributed by atoms with van der Waals surface area (Å²) in [5, 5.41) is 13.4. The average Bonchev–Trinajstić information content (AvgIpc) is 2.99. The van der Waals surface area contributed by atoms with Gasteiger partial charge in [-0.05, 0) is 42.5 Å². The third-order valence-electron chi connectivity index (χ3n) is 4.12. The number of carbonyl (C=O) groups excluding carboxylic acids is 1. The number of nitrogens with zero attached hydrogens (tertiary/aromatic N) is 1. The van der Waals surface area contributed by atoms with Crippen LogP contribution in [0.1, 0.15) is 16.1 Å². The van der Waals surface area contributed by atoms with E-state index in [0.29, 0.717) is 32.2 Å². The van der Waals surface area contributed by atoms with Gasteiger partial charge in [0.15, 0.2) is 0 Å². The fourth-order valence-electron chi connectivity index (χ4n) is 2.79. The summed E-state index contributed by atoms with van der Waals surface area (Å²) >= 11 is 12.2. The maximum absolute atomic E-state index is 12.3. The van der Waals surface area contributed by atoms with Crippen LogP contribution in [0, 0.1) is 0 Å². The molecular weight excluding hydrogens is 401 g/mol. The standard InChI is InChI=1S/C20H17Cl2N3O3/c1-25(2)13-5-3-12(4-6-13)23-17(26)8-7-14-18-15(22)9-11(21)10-16(18)24-19(14)20(27)28/h3-10,24H,1-2H3,(H,23,26)(H,27,28)/b8-7+. The van der Waals surface area contributed by atoms with Gasteiger partial charge in [0.25, 0.3) is 0 Å². The number of nitrogens with one attached hydrogen (secondary N) is 2. The SMILES string of the molecule is CN(C)c1ccc(NC(=O)/C=C/c2c(C(=O)O)[nH]c3cc(Cl)cc(Cl)c23)cc1. The minimum Gasteiger partial charge on any atom is -0.477 e. The average molecular weight is 418 g/mol. The smallest absolute Gasteiger partial charge is 0.352 e. The summed E-state index contributed by atoms with van der Waals surface area (Å²) in [5.74, 6) is -1.56. The number of anilines is 2. The molecule has 0 radical (unpaired) electrons. The number of hydrogen-bond acceptors (Lipinski definition) is 3. The highest BCUT2D eigenvalue weighted by Gasteiger charge is 2.18. The zero-order valence-corrected chi connectivity index (χ0v) is 16.6. The van der Waals surface area contributed by atoms with E-state index < -0.39 is 11.9 Å². The summed E-state index contributed by atoms with van der Waals surface area (Å²) in [6.07, 6.45) is 2.69. The van der Waals surface area contributed by atoms with E-state index in [0.717, 1.165) is 5.69 Å². The molecule has 28 heavy (non-hydrogen) atoms. The fraction of sp³-hybridized carbons (Fsp3) is 0.100. The molecule has 0 aliphatic heterocycles. The van der Waals surface area contributed by atoms with Crippen molar-refractivity contribution in [1.82, 2.24) is 4.98 Å². The number of H-pyrrole nitrogens is 1. The van der Waals surface area contributed by atoms with E-state index in [1.54, 1.807) is 18.2 Å². The third kappa shape index (κ3) is 4.13. The normalized spacial score (nSPS) is 11.1. The summed E-state index contributed by atoms with van der Waals surface area (Å²) in [4.78, 5) is 28.6. The molecule has 0 atom stereocenters. The third-order valence-corrected chi connectivity index (χ3v) is 4.64. The second kappa shape index (κ2) is 7.96. The van der Waals surface area contributed by atoms with Crippen molar-refractivity contribution in [2.24, 2.45) is 0 Å². The summed E-state index contributed by atoms with van der Waals surface area (Å²) in [7, 11) is 3.85. The largest absolute Gasteiger partial charge is 0.477 e. The van der Waals surface area contributed by atoms with Crippen LogP contribution in [0.4, 0.5) is 11.4 Å². The number of halogens is 2. The molecule has 1 amide bonds. The van der Waals surface area contributed by atoms with E-state index in [-0.39, 0.29) is 5.69 Å². The molecule has 2 aromatic carbocycles. The second-order valence-electron chi connectivity index (χ2n) is 6.29. The molecule has 3 rings (SSSR count). The molecule has 0 unspecified atom stereocenters. The highest BCUT2D eigenvalue weighted by molar-refractivity contribution is 6.39. The number of aromatic carboxylic acids is 1. The summed E-state index contributed by atoms with van der Waals surface area (Å²) in [5.41, 5.74) is 2.35. The summed E-state index contributed by atoms with van der Waals surface area (Å²) < 4.78 is 0. The van der Waals surface area contributed by atoms with Crippen molar-refractivity contribution < 1.29 is 14.7 Å². The molecule has 0 aliphatic rings. The van der Waals surface area contributed by atoms with Crippen LogP contribution < -0.4 is 10.2 Å². The van der Waals surface area contributed by atoms with E-state index in [1.807, 2.05) is 31.1 Å². The van der Waals surface area contributed by atoms with Crippen molar-refractivity contribution in [3.05, 3.63) is 63.8 Å². The molecule has 0 aliphatic carbocycles. The Morgan fingerprint density at radius 3 is 2.43 bits per heavy atom. The van der Waals surface area contributed by atoms with Crippen LogP contribution >= 0.6 is 23.2 Å². The van der Waals surface area contributed by atoms with Gasteiger partial charge in [-0.15, -0.1) is 0 Å². The Morgan fingerprint density at radius 2 is 1.82 bits per heavy atom. The number of fused-ring (bicyclic) bond motifs is 1. The first-order valence-electron chi connectivity index (χ1n) is 8.26. The van der Waals surface area contributed by atoms with Gasteiger partial charge in [0, 0.05) is 53.0 Å². The van der Waals surface area contributed by atoms with Crippen molar-refractivity contribution in [3.63, 3.8) is 0 Å². The van der Waals surface area contributed by atoms with Crippen LogP contribution in [0.5, 0.6) is 0 Å². The minimum absolute atomic E-state index is 0.0708. The van der Waals surface area contributed by atoms with Gasteiger partial charge in [-0.2, -0.15) is 0 Å². The van der Waals surface area contributed by atoms with Crippen molar-refractivity contribution in [1.29, 1.82) is 0 Å². The van der Waals surface area contributed by atoms with Crippen LogP contribution in [0.2, 0.25) is 10.0 Å². The van der Waals surface area contributed by atoms with Crippen LogP contribution in [0.3, 0.4) is 0 Å². The maximum Gasteiger partial charge on any atom is 0.352 e. The van der Waals surface area contributed by atoms with Gasteiger partial charge in [0.1, 0.15) is 5.69 Å². The highest BCUT2D eigenvalue weighted by Crippen LogP contribution is 2.33. The molecule has 1 aromatic heterocycles. The zero-order valence-electron chi connectivity index (χ0n) is 15.1. The molecule has 144 valence electrons. The van der Waals surface area contributed by atoms with E-state index in [2.05, 4.69) is 10.3 Å². The number of rotatable bonds is 5. The Kier molecular flexibility index (Phi) is 5.63. The number of carbonyl (C=O) groups is 2. The van der Waals surface area contributed by atoms with Gasteiger partial charge in [-0.1, -0.05) is 23.2 Å².